The van der Waals surface area contributed by atoms with Crippen LogP contribution in [0.5, 0.6) is 0 Å². The van der Waals surface area contributed by atoms with E-state index in [1.54, 1.807) is 0 Å². The molecule has 19 heavy (non-hydrogen) atoms. The SMILES string of the molecule is CC(CNC(=O)c1cc([N+](=O)[O-])cnc1N)N(C)C. The van der Waals surface area contributed by atoms with Crippen molar-refractivity contribution >= 4 is 17.4 Å². The molecule has 0 saturated heterocycles. The first-order chi connectivity index (χ1) is 8.82. The Balaban J connectivity index is 2.82. The summed E-state index contributed by atoms with van der Waals surface area (Å²) in [6.07, 6.45) is 1.02. The normalized spacial score (nSPS) is 12.2. The number of rotatable bonds is 5. The van der Waals surface area contributed by atoms with Gasteiger partial charge in [-0.05, 0) is 21.0 Å². The average molecular weight is 267 g/mol. The van der Waals surface area contributed by atoms with Gasteiger partial charge in [-0.1, -0.05) is 0 Å². The van der Waals surface area contributed by atoms with Crippen molar-refractivity contribution < 1.29 is 9.72 Å². The van der Waals surface area contributed by atoms with Crippen LogP contribution in [-0.4, -0.2) is 47.4 Å². The zero-order chi connectivity index (χ0) is 14.6. The first-order valence-electron chi connectivity index (χ1n) is 5.67. The lowest BCUT2D eigenvalue weighted by molar-refractivity contribution is -0.385. The van der Waals surface area contributed by atoms with E-state index in [0.29, 0.717) is 6.54 Å². The van der Waals surface area contributed by atoms with Gasteiger partial charge in [0.2, 0.25) is 0 Å². The second kappa shape index (κ2) is 6.10. The van der Waals surface area contributed by atoms with Crippen molar-refractivity contribution in [2.45, 2.75) is 13.0 Å². The van der Waals surface area contributed by atoms with Gasteiger partial charge in [0.1, 0.15) is 12.0 Å². The van der Waals surface area contributed by atoms with Gasteiger partial charge in [0, 0.05) is 18.7 Å². The first-order valence-corrected chi connectivity index (χ1v) is 5.67. The number of nitro groups is 1. The van der Waals surface area contributed by atoms with E-state index in [4.69, 9.17) is 5.73 Å². The van der Waals surface area contributed by atoms with E-state index < -0.39 is 10.8 Å². The van der Waals surface area contributed by atoms with Gasteiger partial charge < -0.3 is 16.0 Å². The molecule has 1 atom stereocenters. The number of hydrogen-bond donors (Lipinski definition) is 2. The molecule has 8 nitrogen and oxygen atoms in total. The number of pyridine rings is 1. The lowest BCUT2D eigenvalue weighted by Gasteiger charge is -2.20. The highest BCUT2D eigenvalue weighted by Gasteiger charge is 2.17. The van der Waals surface area contributed by atoms with Crippen LogP contribution in [0.25, 0.3) is 0 Å². The van der Waals surface area contributed by atoms with Crippen LogP contribution in [0.15, 0.2) is 12.3 Å². The molecule has 0 aliphatic carbocycles. The Morgan fingerprint density at radius 2 is 2.26 bits per heavy atom. The molecule has 0 saturated carbocycles. The number of likely N-dealkylation sites (N-methyl/N-ethyl adjacent to an activating group) is 1. The highest BCUT2D eigenvalue weighted by Crippen LogP contribution is 2.16. The summed E-state index contributed by atoms with van der Waals surface area (Å²) < 4.78 is 0. The Labute approximate surface area is 110 Å². The maximum absolute atomic E-state index is 11.9. The minimum atomic E-state index is -0.619. The van der Waals surface area contributed by atoms with Crippen molar-refractivity contribution in [3.05, 3.63) is 27.9 Å². The number of nitrogens with two attached hydrogens (primary N) is 1. The number of nitrogen functional groups attached to an aromatic ring is 1. The summed E-state index contributed by atoms with van der Waals surface area (Å²) >= 11 is 0. The Morgan fingerprint density at radius 1 is 1.63 bits per heavy atom. The molecule has 0 bridgehead atoms. The van der Waals surface area contributed by atoms with Crippen molar-refractivity contribution in [3.8, 4) is 0 Å². The monoisotopic (exact) mass is 267 g/mol. The molecule has 0 aliphatic rings. The second-order valence-corrected chi connectivity index (χ2v) is 4.41. The van der Waals surface area contributed by atoms with Gasteiger partial charge in [-0.15, -0.1) is 0 Å². The zero-order valence-electron chi connectivity index (χ0n) is 11.1. The third kappa shape index (κ3) is 3.88. The van der Waals surface area contributed by atoms with E-state index in [9.17, 15) is 14.9 Å². The van der Waals surface area contributed by atoms with Crippen molar-refractivity contribution in [1.82, 2.24) is 15.2 Å². The Kier molecular flexibility index (Phi) is 4.76. The molecule has 3 N–H and O–H groups in total. The van der Waals surface area contributed by atoms with Crippen molar-refractivity contribution in [1.29, 1.82) is 0 Å². The topological polar surface area (TPSA) is 114 Å². The number of aromatic nitrogens is 1. The van der Waals surface area contributed by atoms with Gasteiger partial charge in [-0.25, -0.2) is 4.98 Å². The molecular weight excluding hydrogens is 250 g/mol. The van der Waals surface area contributed by atoms with Crippen LogP contribution in [0.1, 0.15) is 17.3 Å². The molecule has 1 rings (SSSR count). The fourth-order valence-electron chi connectivity index (χ4n) is 1.26. The van der Waals surface area contributed by atoms with Gasteiger partial charge in [0.05, 0.1) is 10.5 Å². The van der Waals surface area contributed by atoms with Gasteiger partial charge in [0.15, 0.2) is 0 Å². The van der Waals surface area contributed by atoms with Crippen LogP contribution in [0.2, 0.25) is 0 Å². The molecule has 8 heteroatoms. The van der Waals surface area contributed by atoms with Crippen molar-refractivity contribution in [3.63, 3.8) is 0 Å². The molecular formula is C11H17N5O3. The van der Waals surface area contributed by atoms with Crippen LogP contribution >= 0.6 is 0 Å². The van der Waals surface area contributed by atoms with Crippen LogP contribution in [0, 0.1) is 10.1 Å². The van der Waals surface area contributed by atoms with Crippen LogP contribution in [0.4, 0.5) is 11.5 Å². The number of nitrogens with one attached hydrogen (secondary N) is 1. The summed E-state index contributed by atoms with van der Waals surface area (Å²) in [6, 6.07) is 1.26. The van der Waals surface area contributed by atoms with E-state index in [-0.39, 0.29) is 23.1 Å². The molecule has 0 aromatic carbocycles. The molecule has 1 unspecified atom stereocenters. The summed E-state index contributed by atoms with van der Waals surface area (Å²) in [5.74, 6) is -0.497. The number of amides is 1. The first kappa shape index (κ1) is 14.8. The molecule has 1 heterocycles. The highest BCUT2D eigenvalue weighted by atomic mass is 16.6. The van der Waals surface area contributed by atoms with E-state index in [1.807, 2.05) is 25.9 Å². The molecule has 1 amide bonds. The third-order valence-electron chi connectivity index (χ3n) is 2.80. The minimum absolute atomic E-state index is 0.0140. The summed E-state index contributed by atoms with van der Waals surface area (Å²) in [5, 5.41) is 13.3. The standard InChI is InChI=1S/C11H17N5O3/c1-7(15(2)3)5-14-11(17)9-4-8(16(18)19)6-13-10(9)12/h4,6-7H,5H2,1-3H3,(H2,12,13)(H,14,17). The fraction of sp³-hybridized carbons (Fsp3) is 0.455. The third-order valence-corrected chi connectivity index (χ3v) is 2.80. The average Bonchev–Trinajstić information content (AvgIpc) is 2.35. The van der Waals surface area contributed by atoms with Crippen molar-refractivity contribution in [2.75, 3.05) is 26.4 Å². The Hall–Kier alpha value is -2.22. The summed E-state index contributed by atoms with van der Waals surface area (Å²) in [6.45, 7) is 2.35. The number of anilines is 1. The molecule has 0 fully saturated rings. The van der Waals surface area contributed by atoms with Crippen molar-refractivity contribution in [2.24, 2.45) is 0 Å². The molecule has 1 aromatic rings. The Bertz CT molecular complexity index is 489. The predicted octanol–water partition coefficient (Wildman–Crippen LogP) is 0.252. The van der Waals surface area contributed by atoms with E-state index in [0.717, 1.165) is 12.3 Å². The van der Waals surface area contributed by atoms with Crippen LogP contribution < -0.4 is 11.1 Å². The highest BCUT2D eigenvalue weighted by molar-refractivity contribution is 5.98. The molecule has 0 spiro atoms. The molecule has 104 valence electrons. The van der Waals surface area contributed by atoms with E-state index in [2.05, 4.69) is 10.3 Å². The summed E-state index contributed by atoms with van der Waals surface area (Å²) in [5.41, 5.74) is 5.30. The van der Waals surface area contributed by atoms with Gasteiger partial charge in [0.25, 0.3) is 11.6 Å². The summed E-state index contributed by atoms with van der Waals surface area (Å²) in [4.78, 5) is 27.5. The minimum Gasteiger partial charge on any atom is -0.383 e. The molecule has 1 aromatic heterocycles. The smallest absolute Gasteiger partial charge is 0.288 e. The molecule has 0 radical (unpaired) electrons. The van der Waals surface area contributed by atoms with Gasteiger partial charge in [-0.2, -0.15) is 0 Å². The number of carbonyl (C=O) groups is 1. The zero-order valence-corrected chi connectivity index (χ0v) is 11.1. The largest absolute Gasteiger partial charge is 0.383 e. The second-order valence-electron chi connectivity index (χ2n) is 4.41. The quantitative estimate of drug-likeness (QED) is 0.584. The maximum atomic E-state index is 11.9. The number of carbonyl (C=O) groups excluding carboxylic acids is 1. The Morgan fingerprint density at radius 3 is 2.79 bits per heavy atom. The van der Waals surface area contributed by atoms with E-state index >= 15 is 0 Å². The van der Waals surface area contributed by atoms with Crippen LogP contribution in [0.3, 0.4) is 0 Å². The lowest BCUT2D eigenvalue weighted by atomic mass is 10.2. The maximum Gasteiger partial charge on any atom is 0.288 e. The number of hydrogen-bond acceptors (Lipinski definition) is 6. The van der Waals surface area contributed by atoms with Crippen LogP contribution in [-0.2, 0) is 0 Å². The lowest BCUT2D eigenvalue weighted by Crippen LogP contribution is -2.38. The number of nitrogens with zero attached hydrogens (tertiary/aromatic N) is 3. The van der Waals surface area contributed by atoms with E-state index in [1.165, 1.54) is 0 Å². The summed E-state index contributed by atoms with van der Waals surface area (Å²) in [7, 11) is 3.78. The molecule has 0 aliphatic heterocycles. The van der Waals surface area contributed by atoms with Gasteiger partial charge in [-0.3, -0.25) is 14.9 Å². The fourth-order valence-corrected chi connectivity index (χ4v) is 1.26. The van der Waals surface area contributed by atoms with Gasteiger partial charge >= 0.3 is 0 Å². The predicted molar refractivity (Wildman–Crippen MR) is 70.8 cm³/mol.